The largest absolute Gasteiger partial charge is 0.294 e. The number of halogens is 2. The fourth-order valence-corrected chi connectivity index (χ4v) is 2.73. The van der Waals surface area contributed by atoms with Gasteiger partial charge in [0, 0.05) is 15.6 Å². The van der Waals surface area contributed by atoms with Crippen molar-refractivity contribution in [1.82, 2.24) is 0 Å². The fraction of sp³-hybridized carbons (Fsp3) is 0.154. The third-order valence-corrected chi connectivity index (χ3v) is 4.77. The summed E-state index contributed by atoms with van der Waals surface area (Å²) in [5.74, 6) is 0.148. The molecule has 0 aliphatic rings. The summed E-state index contributed by atoms with van der Waals surface area (Å²) in [6.45, 7) is 0. The summed E-state index contributed by atoms with van der Waals surface area (Å²) >= 11 is 9.81. The smallest absolute Gasteiger partial charge is 0.163 e. The minimum absolute atomic E-state index is 0.148. The van der Waals surface area contributed by atoms with Gasteiger partial charge in [0.05, 0.1) is 5.02 Å². The van der Waals surface area contributed by atoms with Crippen molar-refractivity contribution in [1.29, 1.82) is 0 Å². The Morgan fingerprint density at radius 1 is 1.35 bits per heavy atom. The second-order valence-corrected chi connectivity index (χ2v) is 6.03. The van der Waals surface area contributed by atoms with E-state index >= 15 is 0 Å². The van der Waals surface area contributed by atoms with Gasteiger partial charge in [-0.1, -0.05) is 17.7 Å². The van der Waals surface area contributed by atoms with Crippen LogP contribution < -0.4 is 0 Å². The number of aryl methyl sites for hydroxylation is 1. The molecule has 1 heterocycles. The average Bonchev–Trinajstić information content (AvgIpc) is 2.82. The van der Waals surface area contributed by atoms with Crippen LogP contribution >= 0.6 is 45.5 Å². The van der Waals surface area contributed by atoms with Gasteiger partial charge in [-0.25, -0.2) is 0 Å². The summed E-state index contributed by atoms with van der Waals surface area (Å²) in [6.07, 6.45) is 1.33. The lowest BCUT2D eigenvalue weighted by atomic mass is 10.0. The molecule has 88 valence electrons. The third kappa shape index (κ3) is 3.53. The molecule has 1 aromatic heterocycles. The molecule has 0 unspecified atom stereocenters. The van der Waals surface area contributed by atoms with Crippen molar-refractivity contribution in [2.45, 2.75) is 12.8 Å². The second-order valence-electron chi connectivity index (χ2n) is 3.68. The van der Waals surface area contributed by atoms with Crippen molar-refractivity contribution in [3.8, 4) is 0 Å². The molecule has 0 aliphatic heterocycles. The molecular weight excluding hydrogens is 367 g/mol. The number of carbonyl (C=O) groups excluding carboxylic acids is 1. The van der Waals surface area contributed by atoms with Crippen molar-refractivity contribution in [3.05, 3.63) is 54.7 Å². The maximum Gasteiger partial charge on any atom is 0.163 e. The zero-order chi connectivity index (χ0) is 12.3. The first-order chi connectivity index (χ1) is 8.16. The molecule has 0 fully saturated rings. The first-order valence-corrected chi connectivity index (χ1v) is 7.56. The molecule has 1 aromatic carbocycles. The second kappa shape index (κ2) is 5.98. The van der Waals surface area contributed by atoms with Crippen molar-refractivity contribution >= 4 is 51.3 Å². The molecular formula is C13H10ClIOS. The number of hydrogen-bond donors (Lipinski definition) is 0. The standard InChI is InChI=1S/C13H10ClIOS/c14-11-7-10(2-3-12(11)15)13(16)4-1-9-5-6-17-8-9/h2-3,5-8H,1,4H2. The number of Topliss-reactive ketones (excluding diaryl/α,β-unsaturated/α-hetero) is 1. The van der Waals surface area contributed by atoms with E-state index in [4.69, 9.17) is 11.6 Å². The average molecular weight is 377 g/mol. The summed E-state index contributed by atoms with van der Waals surface area (Å²) in [5, 5.41) is 4.75. The van der Waals surface area contributed by atoms with E-state index in [1.807, 2.05) is 17.5 Å². The van der Waals surface area contributed by atoms with E-state index in [1.165, 1.54) is 5.56 Å². The highest BCUT2D eigenvalue weighted by Crippen LogP contribution is 2.21. The Bertz CT molecular complexity index is 522. The van der Waals surface area contributed by atoms with E-state index < -0.39 is 0 Å². The van der Waals surface area contributed by atoms with Gasteiger partial charge < -0.3 is 0 Å². The molecule has 4 heteroatoms. The molecule has 0 aliphatic carbocycles. The summed E-state index contributed by atoms with van der Waals surface area (Å²) < 4.78 is 0.971. The highest BCUT2D eigenvalue weighted by molar-refractivity contribution is 14.1. The van der Waals surface area contributed by atoms with Gasteiger partial charge in [0.25, 0.3) is 0 Å². The Morgan fingerprint density at radius 3 is 2.82 bits per heavy atom. The zero-order valence-electron chi connectivity index (χ0n) is 8.95. The highest BCUT2D eigenvalue weighted by Gasteiger charge is 2.08. The molecule has 0 atom stereocenters. The van der Waals surface area contributed by atoms with Crippen LogP contribution in [0.15, 0.2) is 35.0 Å². The maximum atomic E-state index is 11.9. The predicted octanol–water partition coefficient (Wildman–Crippen LogP) is 4.82. The van der Waals surface area contributed by atoms with Crippen LogP contribution in [0.1, 0.15) is 22.3 Å². The van der Waals surface area contributed by atoms with E-state index in [-0.39, 0.29) is 5.78 Å². The molecule has 0 spiro atoms. The van der Waals surface area contributed by atoms with Gasteiger partial charge in [-0.2, -0.15) is 11.3 Å². The zero-order valence-corrected chi connectivity index (χ0v) is 12.7. The Labute approximate surface area is 123 Å². The molecule has 1 nitrogen and oxygen atoms in total. The van der Waals surface area contributed by atoms with Gasteiger partial charge in [-0.05, 0) is 63.5 Å². The first kappa shape index (κ1) is 13.1. The van der Waals surface area contributed by atoms with E-state index in [1.54, 1.807) is 17.4 Å². The summed E-state index contributed by atoms with van der Waals surface area (Å²) in [4.78, 5) is 11.9. The molecule has 2 aromatic rings. The quantitative estimate of drug-likeness (QED) is 0.552. The lowest BCUT2D eigenvalue weighted by molar-refractivity contribution is 0.0983. The maximum absolute atomic E-state index is 11.9. The van der Waals surface area contributed by atoms with Crippen LogP contribution in [0.3, 0.4) is 0 Å². The molecule has 0 saturated heterocycles. The van der Waals surface area contributed by atoms with E-state index in [0.29, 0.717) is 17.0 Å². The third-order valence-electron chi connectivity index (χ3n) is 2.46. The van der Waals surface area contributed by atoms with E-state index in [9.17, 15) is 4.79 Å². The molecule has 0 saturated carbocycles. The van der Waals surface area contributed by atoms with Gasteiger partial charge in [-0.15, -0.1) is 0 Å². The van der Waals surface area contributed by atoms with Gasteiger partial charge in [0.1, 0.15) is 0 Å². The lowest BCUT2D eigenvalue weighted by Gasteiger charge is -2.02. The van der Waals surface area contributed by atoms with Crippen molar-refractivity contribution < 1.29 is 4.79 Å². The van der Waals surface area contributed by atoms with Crippen molar-refractivity contribution in [3.63, 3.8) is 0 Å². The molecule has 0 amide bonds. The van der Waals surface area contributed by atoms with Gasteiger partial charge >= 0.3 is 0 Å². The number of thiophene rings is 1. The summed E-state index contributed by atoms with van der Waals surface area (Å²) in [7, 11) is 0. The highest BCUT2D eigenvalue weighted by atomic mass is 127. The van der Waals surface area contributed by atoms with Crippen molar-refractivity contribution in [2.75, 3.05) is 0 Å². The van der Waals surface area contributed by atoms with Crippen LogP contribution in [0.2, 0.25) is 5.02 Å². The van der Waals surface area contributed by atoms with E-state index in [2.05, 4.69) is 34.0 Å². The molecule has 2 rings (SSSR count). The van der Waals surface area contributed by atoms with Crippen LogP contribution in [0, 0.1) is 3.57 Å². The Balaban J connectivity index is 2.02. The Morgan fingerprint density at radius 2 is 2.18 bits per heavy atom. The fourth-order valence-electron chi connectivity index (χ4n) is 1.51. The van der Waals surface area contributed by atoms with Gasteiger partial charge in [-0.3, -0.25) is 4.79 Å². The normalized spacial score (nSPS) is 10.5. The number of benzene rings is 1. The monoisotopic (exact) mass is 376 g/mol. The predicted molar refractivity (Wildman–Crippen MR) is 81.1 cm³/mol. The van der Waals surface area contributed by atoms with Gasteiger partial charge in [0.15, 0.2) is 5.78 Å². The van der Waals surface area contributed by atoms with Crippen LogP contribution in [0.5, 0.6) is 0 Å². The van der Waals surface area contributed by atoms with Gasteiger partial charge in [0.2, 0.25) is 0 Å². The van der Waals surface area contributed by atoms with E-state index in [0.717, 1.165) is 9.99 Å². The van der Waals surface area contributed by atoms with Crippen LogP contribution in [-0.4, -0.2) is 5.78 Å². The molecule has 0 radical (unpaired) electrons. The Hall–Kier alpha value is -0.390. The van der Waals surface area contributed by atoms with Crippen molar-refractivity contribution in [2.24, 2.45) is 0 Å². The van der Waals surface area contributed by atoms with Crippen LogP contribution in [-0.2, 0) is 6.42 Å². The summed E-state index contributed by atoms with van der Waals surface area (Å²) in [6, 6.07) is 7.52. The number of rotatable bonds is 4. The molecule has 0 N–H and O–H groups in total. The lowest BCUT2D eigenvalue weighted by Crippen LogP contribution is -2.01. The number of hydrogen-bond acceptors (Lipinski definition) is 2. The van der Waals surface area contributed by atoms with Crippen LogP contribution in [0.4, 0.5) is 0 Å². The first-order valence-electron chi connectivity index (χ1n) is 5.16. The Kier molecular flexibility index (Phi) is 4.59. The summed E-state index contributed by atoms with van der Waals surface area (Å²) in [5.41, 5.74) is 1.92. The number of carbonyl (C=O) groups is 1. The minimum Gasteiger partial charge on any atom is -0.294 e. The van der Waals surface area contributed by atoms with Crippen LogP contribution in [0.25, 0.3) is 0 Å². The SMILES string of the molecule is O=C(CCc1ccsc1)c1ccc(I)c(Cl)c1. The topological polar surface area (TPSA) is 17.1 Å². The molecule has 17 heavy (non-hydrogen) atoms. The minimum atomic E-state index is 0.148. The molecule has 0 bridgehead atoms. The number of ketones is 1.